The number of H-pyrrole nitrogens is 1. The number of carbonyl (C=O) groups excluding carboxylic acids is 2. The van der Waals surface area contributed by atoms with Gasteiger partial charge < -0.3 is 14.9 Å². The number of rotatable bonds is 6. The Kier molecular flexibility index (Phi) is 7.81. The molecule has 0 aliphatic carbocycles. The molecule has 2 aromatic rings. The Labute approximate surface area is 182 Å². The summed E-state index contributed by atoms with van der Waals surface area (Å²) in [5.74, 6) is 0.251. The van der Waals surface area contributed by atoms with E-state index in [1.165, 1.54) is 5.56 Å². The maximum absolute atomic E-state index is 13.4. The molecular formula is C23H30N4O4. The summed E-state index contributed by atoms with van der Waals surface area (Å²) >= 11 is 0. The first-order chi connectivity index (χ1) is 15.1. The van der Waals surface area contributed by atoms with Crippen LogP contribution in [0.2, 0.25) is 0 Å². The van der Waals surface area contributed by atoms with Crippen molar-refractivity contribution in [3.8, 4) is 0 Å². The topological polar surface area (TPSA) is 107 Å². The molecule has 2 fully saturated rings. The lowest BCUT2D eigenvalue weighted by atomic mass is 9.85. The van der Waals surface area contributed by atoms with E-state index in [2.05, 4.69) is 22.3 Å². The van der Waals surface area contributed by atoms with Crippen molar-refractivity contribution in [2.24, 2.45) is 0 Å². The van der Waals surface area contributed by atoms with E-state index in [-0.39, 0.29) is 18.3 Å². The molecule has 3 heterocycles. The van der Waals surface area contributed by atoms with Crippen LogP contribution in [0.25, 0.3) is 0 Å². The number of amides is 2. The van der Waals surface area contributed by atoms with Crippen molar-refractivity contribution in [3.05, 3.63) is 53.9 Å². The van der Waals surface area contributed by atoms with Crippen molar-refractivity contribution in [1.82, 2.24) is 20.0 Å². The van der Waals surface area contributed by atoms with Crippen LogP contribution in [0, 0.1) is 0 Å². The van der Waals surface area contributed by atoms with Crippen molar-refractivity contribution in [2.45, 2.75) is 50.5 Å². The van der Waals surface area contributed by atoms with Gasteiger partial charge in [0.2, 0.25) is 11.8 Å². The van der Waals surface area contributed by atoms with Gasteiger partial charge in [0, 0.05) is 32.3 Å². The highest BCUT2D eigenvalue weighted by Crippen LogP contribution is 2.38. The molecule has 166 valence electrons. The zero-order chi connectivity index (χ0) is 22.1. The lowest BCUT2D eigenvalue weighted by Crippen LogP contribution is -2.61. The van der Waals surface area contributed by atoms with Crippen LogP contribution in [0.15, 0.2) is 42.7 Å². The number of aryl methyl sites for hydroxylation is 1. The fraction of sp³-hybridized carbons (Fsp3) is 0.478. The van der Waals surface area contributed by atoms with Crippen molar-refractivity contribution >= 4 is 18.3 Å². The van der Waals surface area contributed by atoms with Crippen molar-refractivity contribution in [2.75, 3.05) is 19.6 Å². The predicted molar refractivity (Wildman–Crippen MR) is 115 cm³/mol. The van der Waals surface area contributed by atoms with Crippen molar-refractivity contribution in [1.29, 1.82) is 0 Å². The number of aromatic amines is 1. The molecule has 1 atom stereocenters. The van der Waals surface area contributed by atoms with Crippen LogP contribution in [-0.4, -0.2) is 68.6 Å². The molecule has 2 aliphatic heterocycles. The molecule has 8 nitrogen and oxygen atoms in total. The maximum Gasteiger partial charge on any atom is 0.290 e. The minimum atomic E-state index is -0.609. The molecule has 31 heavy (non-hydrogen) atoms. The molecule has 4 rings (SSSR count). The number of nitrogens with zero attached hydrogens (tertiary/aromatic N) is 3. The number of hydrogen-bond donors (Lipinski definition) is 2. The van der Waals surface area contributed by atoms with Gasteiger partial charge in [0.15, 0.2) is 0 Å². The highest BCUT2D eigenvalue weighted by Gasteiger charge is 2.52. The van der Waals surface area contributed by atoms with E-state index in [4.69, 9.17) is 9.90 Å². The van der Waals surface area contributed by atoms with Gasteiger partial charge in [-0.2, -0.15) is 5.10 Å². The summed E-state index contributed by atoms with van der Waals surface area (Å²) in [6.45, 7) is 1.97. The highest BCUT2D eigenvalue weighted by molar-refractivity contribution is 5.92. The smallest absolute Gasteiger partial charge is 0.290 e. The molecule has 2 amide bonds. The van der Waals surface area contributed by atoms with E-state index in [9.17, 15) is 9.59 Å². The summed E-state index contributed by atoms with van der Waals surface area (Å²) in [6.07, 6.45) is 9.00. The average molecular weight is 427 g/mol. The van der Waals surface area contributed by atoms with E-state index < -0.39 is 5.54 Å². The zero-order valence-corrected chi connectivity index (χ0v) is 17.7. The number of carbonyl (C=O) groups is 3. The molecule has 1 spiro atoms. The Morgan fingerprint density at radius 3 is 2.52 bits per heavy atom. The van der Waals surface area contributed by atoms with Crippen LogP contribution in [-0.2, 0) is 27.2 Å². The Bertz CT molecular complexity index is 856. The Morgan fingerprint density at radius 2 is 1.84 bits per heavy atom. The van der Waals surface area contributed by atoms with Crippen LogP contribution in [0.5, 0.6) is 0 Å². The SMILES string of the molecule is O=C(CCc1cn[nH]c1)N1CCCC12CCCN(CCc1ccccc1)C2=O.O=CO. The van der Waals surface area contributed by atoms with Gasteiger partial charge in [0.1, 0.15) is 5.54 Å². The number of benzene rings is 1. The van der Waals surface area contributed by atoms with E-state index >= 15 is 0 Å². The van der Waals surface area contributed by atoms with Gasteiger partial charge in [-0.3, -0.25) is 19.5 Å². The zero-order valence-electron chi connectivity index (χ0n) is 17.7. The monoisotopic (exact) mass is 426 g/mol. The fourth-order valence-corrected chi connectivity index (χ4v) is 4.71. The van der Waals surface area contributed by atoms with Crippen molar-refractivity contribution in [3.63, 3.8) is 0 Å². The quantitative estimate of drug-likeness (QED) is 0.689. The number of likely N-dealkylation sites (tertiary alicyclic amines) is 2. The summed E-state index contributed by atoms with van der Waals surface area (Å²) in [4.78, 5) is 38.6. The normalized spacial score (nSPS) is 20.5. The molecule has 2 saturated heterocycles. The first kappa shape index (κ1) is 22.5. The van der Waals surface area contributed by atoms with E-state index in [0.29, 0.717) is 19.4 Å². The molecule has 8 heteroatoms. The third kappa shape index (κ3) is 5.31. The summed E-state index contributed by atoms with van der Waals surface area (Å²) in [5, 5.41) is 13.6. The molecular weight excluding hydrogens is 396 g/mol. The molecule has 1 aromatic heterocycles. The Hall–Kier alpha value is -3.16. The molecule has 0 bridgehead atoms. The minimum absolute atomic E-state index is 0.0944. The maximum atomic E-state index is 13.4. The minimum Gasteiger partial charge on any atom is -0.483 e. The summed E-state index contributed by atoms with van der Waals surface area (Å²) < 4.78 is 0. The van der Waals surface area contributed by atoms with Crippen molar-refractivity contribution < 1.29 is 19.5 Å². The van der Waals surface area contributed by atoms with Gasteiger partial charge in [0.05, 0.1) is 6.20 Å². The van der Waals surface area contributed by atoms with Gasteiger partial charge >= 0.3 is 0 Å². The molecule has 2 aliphatic rings. The van der Waals surface area contributed by atoms with Gasteiger partial charge in [-0.15, -0.1) is 0 Å². The first-order valence-corrected chi connectivity index (χ1v) is 10.8. The lowest BCUT2D eigenvalue weighted by molar-refractivity contribution is -0.155. The van der Waals surface area contributed by atoms with Gasteiger partial charge in [-0.1, -0.05) is 30.3 Å². The second kappa shape index (κ2) is 10.7. The average Bonchev–Trinajstić information content (AvgIpc) is 3.45. The van der Waals surface area contributed by atoms with Crippen LogP contribution >= 0.6 is 0 Å². The fourth-order valence-electron chi connectivity index (χ4n) is 4.71. The number of aromatic nitrogens is 2. The Morgan fingerprint density at radius 1 is 1.13 bits per heavy atom. The second-order valence-electron chi connectivity index (χ2n) is 8.02. The highest BCUT2D eigenvalue weighted by atomic mass is 16.3. The van der Waals surface area contributed by atoms with Gasteiger partial charge in [-0.05, 0) is 49.7 Å². The summed E-state index contributed by atoms with van der Waals surface area (Å²) in [7, 11) is 0. The summed E-state index contributed by atoms with van der Waals surface area (Å²) in [6, 6.07) is 10.3. The van der Waals surface area contributed by atoms with Gasteiger partial charge in [-0.25, -0.2) is 0 Å². The molecule has 2 N–H and O–H groups in total. The predicted octanol–water partition coefficient (Wildman–Crippen LogP) is 2.27. The van der Waals surface area contributed by atoms with Crippen LogP contribution in [0.3, 0.4) is 0 Å². The molecule has 0 saturated carbocycles. The number of nitrogens with one attached hydrogen (secondary N) is 1. The number of piperidine rings is 1. The second-order valence-corrected chi connectivity index (χ2v) is 8.02. The lowest BCUT2D eigenvalue weighted by Gasteiger charge is -2.44. The first-order valence-electron chi connectivity index (χ1n) is 10.8. The largest absolute Gasteiger partial charge is 0.483 e. The molecule has 1 aromatic carbocycles. The third-order valence-corrected chi connectivity index (χ3v) is 6.19. The van der Waals surface area contributed by atoms with E-state index in [0.717, 1.165) is 50.8 Å². The van der Waals surface area contributed by atoms with E-state index in [1.54, 1.807) is 6.20 Å². The van der Waals surface area contributed by atoms with E-state index in [1.807, 2.05) is 34.2 Å². The van der Waals surface area contributed by atoms with Crippen LogP contribution in [0.4, 0.5) is 0 Å². The Balaban J connectivity index is 0.000000858. The summed E-state index contributed by atoms with van der Waals surface area (Å²) in [5.41, 5.74) is 1.66. The third-order valence-electron chi connectivity index (χ3n) is 6.19. The molecule has 1 unspecified atom stereocenters. The van der Waals surface area contributed by atoms with Crippen LogP contribution < -0.4 is 0 Å². The number of carboxylic acid groups (broad SMARTS) is 1. The molecule has 0 radical (unpaired) electrons. The van der Waals surface area contributed by atoms with Gasteiger partial charge in [0.25, 0.3) is 6.47 Å². The standard InChI is InChI=1S/C22H28N4O2.CH2O2/c27-20(9-8-19-16-23-24-17-19)26-14-5-12-22(26)11-4-13-25(21(22)28)15-10-18-6-2-1-3-7-18;2-1-3/h1-3,6-7,16-17H,4-5,8-15H2,(H,23,24);1H,(H,2,3). The van der Waals surface area contributed by atoms with Crippen LogP contribution in [0.1, 0.15) is 43.2 Å². The number of hydrogen-bond acceptors (Lipinski definition) is 4.